The average Bonchev–Trinajstić information content (AvgIpc) is 3.67. The van der Waals surface area contributed by atoms with E-state index in [1.54, 1.807) is 0 Å². The third-order valence-corrected chi connectivity index (χ3v) is 10.3. The molecule has 0 aliphatic carbocycles. The Morgan fingerprint density at radius 2 is 1.20 bits per heavy atom. The highest BCUT2D eigenvalue weighted by atomic mass is 32.1. The number of nitrogens with zero attached hydrogens (tertiary/aromatic N) is 3. The topological polar surface area (TPSA) is 30.7 Å². The molecule has 0 N–H and O–H groups in total. The first kappa shape index (κ1) is 25.5. The molecule has 3 nitrogen and oxygen atoms in total. The van der Waals surface area contributed by atoms with Gasteiger partial charge < -0.3 is 0 Å². The SMILES string of the molecule is c1ccc(-c2nc3ccccc3nc2-n2c3ccccc3c3cccc(-c4ccc5sc6ccc7ccccc7c6c5c4)c32)cc1. The van der Waals surface area contributed by atoms with E-state index in [2.05, 4.69) is 132 Å². The van der Waals surface area contributed by atoms with Crippen molar-refractivity contribution in [3.63, 3.8) is 0 Å². The van der Waals surface area contributed by atoms with Crippen LogP contribution in [-0.4, -0.2) is 14.5 Å². The van der Waals surface area contributed by atoms with Crippen LogP contribution in [0.1, 0.15) is 0 Å². The Labute approximate surface area is 268 Å². The molecule has 3 heterocycles. The molecule has 0 atom stereocenters. The molecule has 0 aliphatic rings. The van der Waals surface area contributed by atoms with Gasteiger partial charge >= 0.3 is 0 Å². The largest absolute Gasteiger partial charge is 0.291 e. The van der Waals surface area contributed by atoms with Gasteiger partial charge in [-0.2, -0.15) is 0 Å². The number of aromatic nitrogens is 3. The van der Waals surface area contributed by atoms with E-state index in [0.717, 1.165) is 39.1 Å². The quantitative estimate of drug-likeness (QED) is 0.201. The number of fused-ring (bicyclic) bond motifs is 9. The molecule has 3 aromatic heterocycles. The van der Waals surface area contributed by atoms with Crippen molar-refractivity contribution in [1.82, 2.24) is 14.5 Å². The first-order chi connectivity index (χ1) is 22.8. The van der Waals surface area contributed by atoms with Crippen LogP contribution in [0, 0.1) is 0 Å². The summed E-state index contributed by atoms with van der Waals surface area (Å²) in [5.41, 5.74) is 8.26. The molecule has 214 valence electrons. The Morgan fingerprint density at radius 3 is 2.09 bits per heavy atom. The Hall–Kier alpha value is -5.84. The number of hydrogen-bond acceptors (Lipinski definition) is 3. The minimum atomic E-state index is 0.830. The fourth-order valence-corrected chi connectivity index (χ4v) is 8.22. The molecule has 7 aromatic carbocycles. The Balaban J connectivity index is 1.33. The van der Waals surface area contributed by atoms with E-state index in [9.17, 15) is 0 Å². The van der Waals surface area contributed by atoms with Gasteiger partial charge in [0.05, 0.1) is 22.1 Å². The van der Waals surface area contributed by atoms with E-state index in [4.69, 9.17) is 9.97 Å². The maximum Gasteiger partial charge on any atom is 0.165 e. The summed E-state index contributed by atoms with van der Waals surface area (Å²) >= 11 is 1.87. The molecule has 0 amide bonds. The summed E-state index contributed by atoms with van der Waals surface area (Å²) in [4.78, 5) is 10.6. The van der Waals surface area contributed by atoms with Crippen molar-refractivity contribution >= 4 is 75.1 Å². The van der Waals surface area contributed by atoms with Gasteiger partial charge in [-0.1, -0.05) is 115 Å². The predicted octanol–water partition coefficient (Wildman–Crippen LogP) is 11.6. The van der Waals surface area contributed by atoms with Crippen LogP contribution in [0.15, 0.2) is 152 Å². The minimum Gasteiger partial charge on any atom is -0.291 e. The fourth-order valence-electron chi connectivity index (χ4n) is 7.12. The summed E-state index contributed by atoms with van der Waals surface area (Å²) in [6.07, 6.45) is 0. The van der Waals surface area contributed by atoms with Gasteiger partial charge in [-0.3, -0.25) is 4.57 Å². The number of para-hydroxylation sites is 4. The summed E-state index contributed by atoms with van der Waals surface area (Å²) in [5, 5.41) is 7.59. The van der Waals surface area contributed by atoms with E-state index < -0.39 is 0 Å². The number of benzene rings is 7. The Bertz CT molecular complexity index is 2810. The van der Waals surface area contributed by atoms with Crippen molar-refractivity contribution in [1.29, 1.82) is 0 Å². The molecule has 0 saturated carbocycles. The van der Waals surface area contributed by atoms with Crippen molar-refractivity contribution in [2.45, 2.75) is 0 Å². The number of thiophene rings is 1. The van der Waals surface area contributed by atoms with E-state index in [-0.39, 0.29) is 0 Å². The van der Waals surface area contributed by atoms with Crippen molar-refractivity contribution in [2.24, 2.45) is 0 Å². The zero-order valence-corrected chi connectivity index (χ0v) is 25.5. The highest BCUT2D eigenvalue weighted by Crippen LogP contribution is 2.43. The first-order valence-electron chi connectivity index (χ1n) is 15.5. The van der Waals surface area contributed by atoms with Crippen LogP contribution in [0.3, 0.4) is 0 Å². The van der Waals surface area contributed by atoms with E-state index in [1.165, 1.54) is 52.8 Å². The number of rotatable bonds is 3. The first-order valence-corrected chi connectivity index (χ1v) is 16.3. The summed E-state index contributed by atoms with van der Waals surface area (Å²) in [5.74, 6) is 0.830. The van der Waals surface area contributed by atoms with Crippen LogP contribution in [0.2, 0.25) is 0 Å². The molecule has 10 rings (SSSR count). The smallest absolute Gasteiger partial charge is 0.165 e. The molecule has 0 unspecified atom stereocenters. The lowest BCUT2D eigenvalue weighted by Gasteiger charge is -2.15. The summed E-state index contributed by atoms with van der Waals surface area (Å²) in [7, 11) is 0. The van der Waals surface area contributed by atoms with Gasteiger partial charge in [0.25, 0.3) is 0 Å². The lowest BCUT2D eigenvalue weighted by atomic mass is 9.98. The van der Waals surface area contributed by atoms with Crippen LogP contribution in [0.4, 0.5) is 0 Å². The highest BCUT2D eigenvalue weighted by molar-refractivity contribution is 7.26. The van der Waals surface area contributed by atoms with E-state index in [1.807, 2.05) is 35.6 Å². The van der Waals surface area contributed by atoms with Crippen molar-refractivity contribution in [3.05, 3.63) is 152 Å². The Kier molecular flexibility index (Phi) is 5.45. The standard InChI is InChI=1S/C42H25N3S/c1-2-12-27(13-3-1)40-42(44-35-19-8-7-18-34(35)43-40)45-36-20-9-6-15-31(36)32-17-10-16-30(41(32)45)28-22-23-37-33(25-28)39-29-14-5-4-11-26(29)21-24-38(39)46-37/h1-25H. The normalized spacial score (nSPS) is 11.9. The van der Waals surface area contributed by atoms with Crippen molar-refractivity contribution in [3.8, 4) is 28.2 Å². The van der Waals surface area contributed by atoms with Crippen molar-refractivity contribution < 1.29 is 0 Å². The maximum atomic E-state index is 5.35. The fraction of sp³-hybridized carbons (Fsp3) is 0. The van der Waals surface area contributed by atoms with Crippen molar-refractivity contribution in [2.75, 3.05) is 0 Å². The molecule has 4 heteroatoms. The number of hydrogen-bond donors (Lipinski definition) is 0. The van der Waals surface area contributed by atoms with Crippen LogP contribution in [0.5, 0.6) is 0 Å². The van der Waals surface area contributed by atoms with Gasteiger partial charge in [0.2, 0.25) is 0 Å². The third-order valence-electron chi connectivity index (χ3n) is 9.18. The second kappa shape index (κ2) is 9.83. The molecule has 0 radical (unpaired) electrons. The summed E-state index contributed by atoms with van der Waals surface area (Å²) < 4.78 is 4.96. The third kappa shape index (κ3) is 3.71. The zero-order chi connectivity index (χ0) is 30.2. The van der Waals surface area contributed by atoms with E-state index in [0.29, 0.717) is 0 Å². The Morgan fingerprint density at radius 1 is 0.478 bits per heavy atom. The van der Waals surface area contributed by atoms with Gasteiger partial charge in [0.15, 0.2) is 5.82 Å². The average molecular weight is 604 g/mol. The molecule has 46 heavy (non-hydrogen) atoms. The highest BCUT2D eigenvalue weighted by Gasteiger charge is 2.22. The van der Waals surface area contributed by atoms with Crippen LogP contribution >= 0.6 is 11.3 Å². The monoisotopic (exact) mass is 603 g/mol. The van der Waals surface area contributed by atoms with Gasteiger partial charge in [0.1, 0.15) is 5.69 Å². The van der Waals surface area contributed by atoms with Crippen LogP contribution < -0.4 is 0 Å². The molecule has 0 aliphatic heterocycles. The zero-order valence-electron chi connectivity index (χ0n) is 24.7. The van der Waals surface area contributed by atoms with Crippen LogP contribution in [-0.2, 0) is 0 Å². The molecule has 10 aromatic rings. The lowest BCUT2D eigenvalue weighted by Crippen LogP contribution is -2.04. The van der Waals surface area contributed by atoms with Gasteiger partial charge in [-0.25, -0.2) is 9.97 Å². The molecule has 0 spiro atoms. The maximum absolute atomic E-state index is 5.35. The lowest BCUT2D eigenvalue weighted by molar-refractivity contribution is 1.08. The van der Waals surface area contributed by atoms with Gasteiger partial charge in [-0.15, -0.1) is 11.3 Å². The molecular formula is C42H25N3S. The predicted molar refractivity (Wildman–Crippen MR) is 195 cm³/mol. The second-order valence-electron chi connectivity index (χ2n) is 11.8. The summed E-state index contributed by atoms with van der Waals surface area (Å²) in [6, 6.07) is 54.1. The molecule has 0 bridgehead atoms. The second-order valence-corrected chi connectivity index (χ2v) is 12.9. The molecular weight excluding hydrogens is 579 g/mol. The van der Waals surface area contributed by atoms with Gasteiger partial charge in [-0.05, 0) is 52.7 Å². The minimum absolute atomic E-state index is 0.830. The summed E-state index contributed by atoms with van der Waals surface area (Å²) in [6.45, 7) is 0. The van der Waals surface area contributed by atoms with Gasteiger partial charge in [0, 0.05) is 42.1 Å². The van der Waals surface area contributed by atoms with Crippen LogP contribution in [0.25, 0.3) is 92.0 Å². The molecule has 0 fully saturated rings. The molecule has 0 saturated heterocycles. The van der Waals surface area contributed by atoms with E-state index >= 15 is 0 Å².